The molecule has 0 spiro atoms. The normalized spacial score (nSPS) is 21.6. The van der Waals surface area contributed by atoms with Crippen LogP contribution >= 0.6 is 0 Å². The van der Waals surface area contributed by atoms with Crippen LogP contribution in [0.25, 0.3) is 0 Å². The molecular weight excluding hydrogens is 374 g/mol. The van der Waals surface area contributed by atoms with Crippen LogP contribution in [0.2, 0.25) is 0 Å². The van der Waals surface area contributed by atoms with Gasteiger partial charge in [-0.3, -0.25) is 14.5 Å². The Hall–Kier alpha value is -2.77. The number of allylic oxidation sites excluding steroid dienone is 1. The SMILES string of the molecule is COC(=O)C1=CC2=NC(=O)N(CCCCCC(=O)NC3CCCC3)C(=O)C2C=C1. The Labute approximate surface area is 170 Å². The summed E-state index contributed by atoms with van der Waals surface area (Å²) in [5.41, 5.74) is 0.523. The molecule has 1 N–H and O–H groups in total. The number of nitrogens with zero attached hydrogens (tertiary/aromatic N) is 2. The highest BCUT2D eigenvalue weighted by molar-refractivity contribution is 6.23. The van der Waals surface area contributed by atoms with E-state index in [4.69, 9.17) is 0 Å². The van der Waals surface area contributed by atoms with Crippen molar-refractivity contribution in [2.75, 3.05) is 13.7 Å². The number of imide groups is 1. The number of hydrogen-bond acceptors (Lipinski definition) is 5. The summed E-state index contributed by atoms with van der Waals surface area (Å²) >= 11 is 0. The number of nitrogens with one attached hydrogen (secondary N) is 1. The van der Waals surface area contributed by atoms with E-state index in [0.29, 0.717) is 18.9 Å². The largest absolute Gasteiger partial charge is 0.465 e. The Morgan fingerprint density at radius 2 is 1.97 bits per heavy atom. The van der Waals surface area contributed by atoms with Gasteiger partial charge in [0, 0.05) is 19.0 Å². The first-order valence-corrected chi connectivity index (χ1v) is 10.2. The number of carbonyl (C=O) groups is 4. The van der Waals surface area contributed by atoms with E-state index >= 15 is 0 Å². The molecule has 3 aliphatic rings. The van der Waals surface area contributed by atoms with Gasteiger partial charge in [0.05, 0.1) is 24.3 Å². The fourth-order valence-corrected chi connectivity index (χ4v) is 3.89. The van der Waals surface area contributed by atoms with Crippen molar-refractivity contribution < 1.29 is 23.9 Å². The Morgan fingerprint density at radius 1 is 1.21 bits per heavy atom. The summed E-state index contributed by atoms with van der Waals surface area (Å²) in [7, 11) is 1.27. The third-order valence-electron chi connectivity index (χ3n) is 5.50. The summed E-state index contributed by atoms with van der Waals surface area (Å²) in [6, 6.07) is -0.286. The van der Waals surface area contributed by atoms with Gasteiger partial charge in [-0.05, 0) is 31.8 Å². The second kappa shape index (κ2) is 9.62. The number of unbranched alkanes of at least 4 members (excludes halogenated alkanes) is 2. The zero-order chi connectivity index (χ0) is 20.8. The summed E-state index contributed by atoms with van der Waals surface area (Å²) in [6.07, 6.45) is 11.6. The minimum Gasteiger partial charge on any atom is -0.465 e. The maximum atomic E-state index is 12.6. The van der Waals surface area contributed by atoms with Crippen molar-refractivity contribution >= 4 is 29.5 Å². The third kappa shape index (κ3) is 5.19. The Bertz CT molecular complexity index is 777. The highest BCUT2D eigenvalue weighted by Crippen LogP contribution is 2.23. The van der Waals surface area contributed by atoms with E-state index in [1.54, 1.807) is 6.08 Å². The van der Waals surface area contributed by atoms with Crippen molar-refractivity contribution in [2.45, 2.75) is 57.4 Å². The molecule has 4 amide bonds. The molecule has 8 heteroatoms. The van der Waals surface area contributed by atoms with Crippen LogP contribution in [0.15, 0.2) is 28.8 Å². The topological polar surface area (TPSA) is 105 Å². The van der Waals surface area contributed by atoms with Crippen LogP contribution in [0.3, 0.4) is 0 Å². The first-order chi connectivity index (χ1) is 14.0. The zero-order valence-electron chi connectivity index (χ0n) is 16.7. The smallest absolute Gasteiger partial charge is 0.350 e. The Kier molecular flexibility index (Phi) is 6.95. The second-order valence-electron chi connectivity index (χ2n) is 7.60. The lowest BCUT2D eigenvalue weighted by molar-refractivity contribution is -0.136. The molecule has 0 aromatic heterocycles. The molecule has 156 valence electrons. The highest BCUT2D eigenvalue weighted by atomic mass is 16.5. The van der Waals surface area contributed by atoms with Gasteiger partial charge in [0.2, 0.25) is 11.8 Å². The minimum absolute atomic E-state index is 0.0804. The summed E-state index contributed by atoms with van der Waals surface area (Å²) in [4.78, 5) is 53.6. The molecule has 1 fully saturated rings. The molecule has 0 aromatic carbocycles. The quantitative estimate of drug-likeness (QED) is 0.496. The van der Waals surface area contributed by atoms with Crippen molar-refractivity contribution in [3.05, 3.63) is 23.8 Å². The molecule has 1 unspecified atom stereocenters. The van der Waals surface area contributed by atoms with Gasteiger partial charge in [-0.1, -0.05) is 31.4 Å². The van der Waals surface area contributed by atoms with E-state index in [-0.39, 0.29) is 29.6 Å². The third-order valence-corrected chi connectivity index (χ3v) is 5.50. The maximum absolute atomic E-state index is 12.6. The van der Waals surface area contributed by atoms with Crippen LogP contribution in [0, 0.1) is 5.92 Å². The van der Waals surface area contributed by atoms with E-state index in [0.717, 1.165) is 30.6 Å². The number of amides is 4. The van der Waals surface area contributed by atoms with Crippen molar-refractivity contribution in [1.29, 1.82) is 0 Å². The number of ether oxygens (including phenoxy) is 1. The average Bonchev–Trinajstić information content (AvgIpc) is 3.21. The van der Waals surface area contributed by atoms with Crippen molar-refractivity contribution in [2.24, 2.45) is 10.9 Å². The Morgan fingerprint density at radius 3 is 2.69 bits per heavy atom. The number of carbonyl (C=O) groups excluding carboxylic acids is 4. The summed E-state index contributed by atoms with van der Waals surface area (Å²) < 4.78 is 4.65. The van der Waals surface area contributed by atoms with Crippen LogP contribution in [0.1, 0.15) is 51.4 Å². The molecule has 8 nitrogen and oxygen atoms in total. The van der Waals surface area contributed by atoms with Crippen LogP contribution in [-0.2, 0) is 19.1 Å². The lowest BCUT2D eigenvalue weighted by Crippen LogP contribution is -2.46. The number of urea groups is 1. The first-order valence-electron chi connectivity index (χ1n) is 10.2. The van der Waals surface area contributed by atoms with E-state index in [1.165, 1.54) is 32.1 Å². The minimum atomic E-state index is -0.654. The number of hydrogen-bond donors (Lipinski definition) is 1. The van der Waals surface area contributed by atoms with E-state index in [1.807, 2.05) is 0 Å². The first kappa shape index (κ1) is 21.0. The zero-order valence-corrected chi connectivity index (χ0v) is 16.7. The summed E-state index contributed by atoms with van der Waals surface area (Å²) in [6.45, 7) is 0.274. The van der Waals surface area contributed by atoms with Gasteiger partial charge in [-0.2, -0.15) is 4.99 Å². The Balaban J connectivity index is 1.44. The van der Waals surface area contributed by atoms with Gasteiger partial charge in [-0.25, -0.2) is 9.59 Å². The maximum Gasteiger partial charge on any atom is 0.350 e. The molecule has 0 radical (unpaired) electrons. The average molecular weight is 401 g/mol. The molecule has 2 aliphatic carbocycles. The van der Waals surface area contributed by atoms with Crippen molar-refractivity contribution in [1.82, 2.24) is 10.2 Å². The van der Waals surface area contributed by atoms with Crippen molar-refractivity contribution in [3.8, 4) is 0 Å². The van der Waals surface area contributed by atoms with E-state index in [9.17, 15) is 19.2 Å². The molecule has 29 heavy (non-hydrogen) atoms. The number of aliphatic imine (C=N–C) groups is 1. The molecule has 1 atom stereocenters. The van der Waals surface area contributed by atoms with Gasteiger partial charge in [0.1, 0.15) is 0 Å². The van der Waals surface area contributed by atoms with Gasteiger partial charge in [0.15, 0.2) is 0 Å². The van der Waals surface area contributed by atoms with Gasteiger partial charge >= 0.3 is 12.0 Å². The molecular formula is C21H27N3O5. The molecule has 0 saturated heterocycles. The van der Waals surface area contributed by atoms with Crippen LogP contribution in [0.4, 0.5) is 4.79 Å². The molecule has 1 heterocycles. The van der Waals surface area contributed by atoms with Crippen molar-refractivity contribution in [3.63, 3.8) is 0 Å². The fraction of sp³-hybridized carbons (Fsp3) is 0.571. The monoisotopic (exact) mass is 401 g/mol. The van der Waals surface area contributed by atoms with Gasteiger partial charge in [-0.15, -0.1) is 0 Å². The van der Waals surface area contributed by atoms with Crippen LogP contribution < -0.4 is 5.32 Å². The number of esters is 1. The van der Waals surface area contributed by atoms with Crippen LogP contribution in [-0.4, -0.2) is 54.1 Å². The standard InChI is InChI=1S/C21H27N3O5/c1-29-20(27)14-10-11-16-17(13-14)23-21(28)24(19(16)26)12-6-2-3-9-18(25)22-15-7-4-5-8-15/h10-11,13,15-16H,2-9,12H2,1H3,(H,22,25). The second-order valence-corrected chi connectivity index (χ2v) is 7.60. The van der Waals surface area contributed by atoms with E-state index in [2.05, 4.69) is 15.0 Å². The van der Waals surface area contributed by atoms with Gasteiger partial charge in [0.25, 0.3) is 0 Å². The number of methoxy groups -OCH3 is 1. The molecule has 0 bridgehead atoms. The lowest BCUT2D eigenvalue weighted by Gasteiger charge is -2.28. The van der Waals surface area contributed by atoms with Gasteiger partial charge < -0.3 is 10.1 Å². The molecule has 1 aliphatic heterocycles. The fourth-order valence-electron chi connectivity index (χ4n) is 3.89. The number of fused-ring (bicyclic) bond motifs is 1. The highest BCUT2D eigenvalue weighted by Gasteiger charge is 2.36. The molecule has 1 saturated carbocycles. The summed E-state index contributed by atoms with van der Waals surface area (Å²) in [5, 5.41) is 3.06. The summed E-state index contributed by atoms with van der Waals surface area (Å²) in [5.74, 6) is -1.45. The predicted octanol–water partition coefficient (Wildman–Crippen LogP) is 2.29. The number of rotatable bonds is 8. The predicted molar refractivity (Wildman–Crippen MR) is 106 cm³/mol. The van der Waals surface area contributed by atoms with Crippen LogP contribution in [0.5, 0.6) is 0 Å². The van der Waals surface area contributed by atoms with E-state index < -0.39 is 17.9 Å². The lowest BCUT2D eigenvalue weighted by atomic mass is 9.92. The molecule has 3 rings (SSSR count). The molecule has 0 aromatic rings.